The van der Waals surface area contributed by atoms with Crippen molar-refractivity contribution in [3.8, 4) is 0 Å². The van der Waals surface area contributed by atoms with Gasteiger partial charge in [-0.2, -0.15) is 0 Å². The highest BCUT2D eigenvalue weighted by Crippen LogP contribution is 2.33. The van der Waals surface area contributed by atoms with Gasteiger partial charge in [-0.1, -0.05) is 64.1 Å². The van der Waals surface area contributed by atoms with E-state index in [9.17, 15) is 23.6 Å². The van der Waals surface area contributed by atoms with E-state index in [4.69, 9.17) is 11.1 Å². The lowest BCUT2D eigenvalue weighted by atomic mass is 9.85. The lowest BCUT2D eigenvalue weighted by Gasteiger charge is -2.39. The van der Waals surface area contributed by atoms with Crippen LogP contribution in [0.2, 0.25) is 0 Å². The lowest BCUT2D eigenvalue weighted by molar-refractivity contribution is -0.144. The Morgan fingerprint density at radius 3 is 2.12 bits per heavy atom. The minimum atomic E-state index is -0.812. The zero-order chi connectivity index (χ0) is 31.2. The molecule has 3 unspecified atom stereocenters. The van der Waals surface area contributed by atoms with Crippen molar-refractivity contribution < 1.29 is 23.6 Å². The van der Waals surface area contributed by atoms with Crippen LogP contribution in [-0.2, 0) is 25.6 Å². The molecule has 2 heterocycles. The molecule has 3 atom stereocenters. The highest BCUT2D eigenvalue weighted by atomic mass is 19.1. The summed E-state index contributed by atoms with van der Waals surface area (Å²) in [5.41, 5.74) is 6.92. The van der Waals surface area contributed by atoms with E-state index in [1.54, 1.807) is 34.1 Å². The van der Waals surface area contributed by atoms with Gasteiger partial charge in [-0.3, -0.25) is 24.6 Å². The maximum absolute atomic E-state index is 13.5. The van der Waals surface area contributed by atoms with Crippen molar-refractivity contribution in [1.82, 2.24) is 15.1 Å². The number of rotatable bonds is 8. The molecule has 2 fully saturated rings. The zero-order valence-electron chi connectivity index (χ0n) is 25.1. The maximum Gasteiger partial charge on any atom is 0.270 e. The number of nitrogens with two attached hydrogens (primary N) is 1. The summed E-state index contributed by atoms with van der Waals surface area (Å²) in [7, 11) is 0. The number of primary amides is 1. The smallest absolute Gasteiger partial charge is 0.270 e. The van der Waals surface area contributed by atoms with Crippen molar-refractivity contribution in [2.75, 3.05) is 13.1 Å². The summed E-state index contributed by atoms with van der Waals surface area (Å²) in [6.45, 7) is 10.3. The zero-order valence-corrected chi connectivity index (χ0v) is 25.1. The van der Waals surface area contributed by atoms with Crippen molar-refractivity contribution in [3.05, 3.63) is 71.0 Å². The van der Waals surface area contributed by atoms with Crippen LogP contribution in [-0.4, -0.2) is 70.4 Å². The molecule has 4 rings (SSSR count). The summed E-state index contributed by atoms with van der Waals surface area (Å²) in [6, 6.07) is 12.7. The molecule has 0 spiro atoms. The molecule has 226 valence electrons. The number of halogens is 1. The number of aryl methyl sites for hydroxylation is 2. The van der Waals surface area contributed by atoms with Gasteiger partial charge >= 0.3 is 0 Å². The van der Waals surface area contributed by atoms with E-state index in [1.807, 2.05) is 46.8 Å². The molecule has 0 saturated carbocycles. The second-order valence-corrected chi connectivity index (χ2v) is 12.0. The third kappa shape index (κ3) is 8.02. The van der Waals surface area contributed by atoms with Gasteiger partial charge in [0.15, 0.2) is 0 Å². The standard InChI is InChI=1S/C24H33N5O4.C8H9F/c1-14-7-5-6-8-17(14)20(26)22(32)27-21(24(2,3)4)23(33)29-13-15-11-16(29)12-28(15)19(31)10-9-18(25)30;1-2-7-3-5-8(9)6-4-7/h5-8,15-16,21,26H,9-13H2,1-4H3,(H2,25,30)(H,27,32);3-6H,2H2,1H3. The van der Waals surface area contributed by atoms with Crippen molar-refractivity contribution in [2.45, 2.75) is 78.4 Å². The number of nitrogens with zero attached hydrogens (tertiary/aromatic N) is 2. The number of likely N-dealkylation sites (tertiary alicyclic amines) is 2. The molecule has 0 aromatic heterocycles. The molecule has 42 heavy (non-hydrogen) atoms. The minimum Gasteiger partial charge on any atom is -0.370 e. The van der Waals surface area contributed by atoms with E-state index in [1.165, 1.54) is 17.7 Å². The highest BCUT2D eigenvalue weighted by molar-refractivity contribution is 6.44. The molecule has 9 nitrogen and oxygen atoms in total. The molecule has 4 N–H and O–H groups in total. The van der Waals surface area contributed by atoms with Crippen molar-refractivity contribution in [3.63, 3.8) is 0 Å². The fourth-order valence-electron chi connectivity index (χ4n) is 5.33. The lowest BCUT2D eigenvalue weighted by Crippen LogP contribution is -2.59. The summed E-state index contributed by atoms with van der Waals surface area (Å²) in [4.78, 5) is 53.3. The first-order valence-corrected chi connectivity index (χ1v) is 14.3. The summed E-state index contributed by atoms with van der Waals surface area (Å²) >= 11 is 0. The maximum atomic E-state index is 13.5. The van der Waals surface area contributed by atoms with Gasteiger partial charge in [-0.05, 0) is 48.4 Å². The normalized spacial score (nSPS) is 18.1. The topological polar surface area (TPSA) is 137 Å². The Morgan fingerprint density at radius 2 is 1.60 bits per heavy atom. The van der Waals surface area contributed by atoms with Crippen LogP contribution in [0.4, 0.5) is 4.39 Å². The van der Waals surface area contributed by atoms with E-state index < -0.39 is 23.3 Å². The number of piperazine rings is 1. The fourth-order valence-corrected chi connectivity index (χ4v) is 5.33. The molecule has 2 aromatic carbocycles. The van der Waals surface area contributed by atoms with Crippen LogP contribution >= 0.6 is 0 Å². The van der Waals surface area contributed by atoms with Gasteiger partial charge < -0.3 is 20.9 Å². The van der Waals surface area contributed by atoms with Crippen LogP contribution in [0.3, 0.4) is 0 Å². The Balaban J connectivity index is 0.000000458. The number of carbonyl (C=O) groups excluding carboxylic acids is 4. The first-order valence-electron chi connectivity index (χ1n) is 14.3. The van der Waals surface area contributed by atoms with Crippen molar-refractivity contribution in [1.29, 1.82) is 5.41 Å². The predicted molar refractivity (Wildman–Crippen MR) is 159 cm³/mol. The average Bonchev–Trinajstić information content (AvgIpc) is 3.56. The molecule has 10 heteroatoms. The van der Waals surface area contributed by atoms with Gasteiger partial charge in [0.25, 0.3) is 5.91 Å². The molecular formula is C32H42FN5O4. The third-order valence-corrected chi connectivity index (χ3v) is 7.78. The summed E-state index contributed by atoms with van der Waals surface area (Å²) < 4.78 is 12.2. The third-order valence-electron chi connectivity index (χ3n) is 7.78. The Bertz CT molecular complexity index is 1320. The SMILES string of the molecule is CCc1ccc(F)cc1.Cc1ccccc1C(=N)C(=O)NC(C(=O)N1CC2CC1CN2C(=O)CCC(N)=O)C(C)(C)C. The summed E-state index contributed by atoms with van der Waals surface area (Å²) in [6.07, 6.45) is 1.74. The van der Waals surface area contributed by atoms with Crippen molar-refractivity contribution in [2.24, 2.45) is 11.1 Å². The molecular weight excluding hydrogens is 537 g/mol. The Labute approximate surface area is 247 Å². The van der Waals surface area contributed by atoms with E-state index in [0.29, 0.717) is 25.1 Å². The Kier molecular flexibility index (Phi) is 10.6. The number of carbonyl (C=O) groups is 4. The molecule has 2 aliphatic heterocycles. The van der Waals surface area contributed by atoms with Crippen LogP contribution in [0.5, 0.6) is 0 Å². The van der Waals surface area contributed by atoms with E-state index in [-0.39, 0.29) is 48.3 Å². The van der Waals surface area contributed by atoms with Crippen LogP contribution in [0.25, 0.3) is 0 Å². The molecule has 4 amide bonds. The Hall–Kier alpha value is -4.08. The average molecular weight is 580 g/mol. The number of fused-ring (bicyclic) bond motifs is 2. The van der Waals surface area contributed by atoms with Gasteiger partial charge in [-0.15, -0.1) is 0 Å². The van der Waals surface area contributed by atoms with E-state index in [0.717, 1.165) is 12.0 Å². The van der Waals surface area contributed by atoms with Crippen LogP contribution in [0.15, 0.2) is 48.5 Å². The van der Waals surface area contributed by atoms with E-state index >= 15 is 0 Å². The van der Waals surface area contributed by atoms with Gasteiger partial charge in [0.05, 0.1) is 12.1 Å². The van der Waals surface area contributed by atoms with Gasteiger partial charge in [0.2, 0.25) is 17.7 Å². The monoisotopic (exact) mass is 579 g/mol. The van der Waals surface area contributed by atoms with Gasteiger partial charge in [0, 0.05) is 31.5 Å². The second kappa shape index (κ2) is 13.7. The van der Waals surface area contributed by atoms with E-state index in [2.05, 4.69) is 5.32 Å². The van der Waals surface area contributed by atoms with Gasteiger partial charge in [-0.25, -0.2) is 4.39 Å². The van der Waals surface area contributed by atoms with Crippen LogP contribution in [0.1, 0.15) is 63.6 Å². The molecule has 0 radical (unpaired) electrons. The predicted octanol–water partition coefficient (Wildman–Crippen LogP) is 3.36. The van der Waals surface area contributed by atoms with Crippen molar-refractivity contribution >= 4 is 29.3 Å². The number of hydrogen-bond acceptors (Lipinski definition) is 5. The highest BCUT2D eigenvalue weighted by Gasteiger charge is 2.49. The number of nitrogens with one attached hydrogen (secondary N) is 2. The quantitative estimate of drug-likeness (QED) is 0.413. The van der Waals surface area contributed by atoms with Crippen LogP contribution in [0, 0.1) is 23.6 Å². The fraction of sp³-hybridized carbons (Fsp3) is 0.469. The molecule has 2 saturated heterocycles. The first kappa shape index (κ1) is 32.4. The number of hydrogen-bond donors (Lipinski definition) is 3. The molecule has 0 aliphatic carbocycles. The van der Waals surface area contributed by atoms with Gasteiger partial charge in [0.1, 0.15) is 17.6 Å². The first-order chi connectivity index (χ1) is 19.7. The van der Waals surface area contributed by atoms with Crippen LogP contribution < -0.4 is 11.1 Å². The minimum absolute atomic E-state index is 0.0142. The summed E-state index contributed by atoms with van der Waals surface area (Å²) in [5.74, 6) is -1.59. The number of amides is 4. The Morgan fingerprint density at radius 1 is 1.00 bits per heavy atom. The largest absolute Gasteiger partial charge is 0.370 e. The molecule has 2 bridgehead atoms. The number of benzene rings is 2. The molecule has 2 aliphatic rings. The summed E-state index contributed by atoms with van der Waals surface area (Å²) in [5, 5.41) is 11.1. The molecule has 2 aromatic rings. The second-order valence-electron chi connectivity index (χ2n) is 12.0.